The van der Waals surface area contributed by atoms with Crippen molar-refractivity contribution in [1.29, 1.82) is 0 Å². The van der Waals surface area contributed by atoms with Gasteiger partial charge in [-0.2, -0.15) is 0 Å². The molecule has 31 heavy (non-hydrogen) atoms. The van der Waals surface area contributed by atoms with Gasteiger partial charge in [-0.1, -0.05) is 31.2 Å². The lowest BCUT2D eigenvalue weighted by molar-refractivity contribution is -0.140. The summed E-state index contributed by atoms with van der Waals surface area (Å²) in [6.07, 6.45) is 0.909. The van der Waals surface area contributed by atoms with Crippen molar-refractivity contribution in [2.24, 2.45) is 0 Å². The monoisotopic (exact) mass is 423 g/mol. The lowest BCUT2D eigenvalue weighted by Gasteiger charge is -2.25. The number of benzene rings is 2. The summed E-state index contributed by atoms with van der Waals surface area (Å²) in [7, 11) is 1.54. The molecule has 1 N–H and O–H groups in total. The molecular weight excluding hydrogens is 394 g/mol. The van der Waals surface area contributed by atoms with Gasteiger partial charge in [-0.3, -0.25) is 9.59 Å². The maximum absolute atomic E-state index is 12.9. The number of ether oxygens (including phenoxy) is 2. The molecule has 1 fully saturated rings. The Hall–Kier alpha value is -3.12. The minimum Gasteiger partial charge on any atom is -0.507 e. The van der Waals surface area contributed by atoms with Crippen molar-refractivity contribution in [3.05, 3.63) is 70.8 Å². The number of amides is 1. The summed E-state index contributed by atoms with van der Waals surface area (Å²) in [6.45, 7) is 6.46. The number of methoxy groups -OCH3 is 1. The van der Waals surface area contributed by atoms with Gasteiger partial charge in [-0.25, -0.2) is 0 Å². The van der Waals surface area contributed by atoms with Crippen LogP contribution < -0.4 is 4.74 Å². The van der Waals surface area contributed by atoms with E-state index in [2.05, 4.69) is 6.92 Å². The number of aryl methyl sites for hydroxylation is 1. The second-order valence-electron chi connectivity index (χ2n) is 7.77. The molecule has 2 aromatic rings. The summed E-state index contributed by atoms with van der Waals surface area (Å²) < 4.78 is 10.8. The van der Waals surface area contributed by atoms with Crippen molar-refractivity contribution in [2.45, 2.75) is 39.3 Å². The van der Waals surface area contributed by atoms with Gasteiger partial charge < -0.3 is 19.5 Å². The summed E-state index contributed by atoms with van der Waals surface area (Å²) in [5.41, 5.74) is 2.46. The molecule has 1 saturated heterocycles. The molecule has 1 aliphatic heterocycles. The van der Waals surface area contributed by atoms with E-state index in [1.54, 1.807) is 31.4 Å². The van der Waals surface area contributed by atoms with Crippen LogP contribution >= 0.6 is 0 Å². The molecule has 0 radical (unpaired) electrons. The Labute approximate surface area is 183 Å². The lowest BCUT2D eigenvalue weighted by atomic mass is 9.94. The van der Waals surface area contributed by atoms with E-state index >= 15 is 0 Å². The molecule has 164 valence electrons. The Morgan fingerprint density at radius 1 is 1.06 bits per heavy atom. The topological polar surface area (TPSA) is 76.1 Å². The molecule has 6 nitrogen and oxygen atoms in total. The fraction of sp³-hybridized carbons (Fsp3) is 0.360. The number of nitrogens with zero attached hydrogens (tertiary/aromatic N) is 1. The zero-order valence-corrected chi connectivity index (χ0v) is 18.4. The molecule has 3 rings (SSSR count). The molecule has 1 atom stereocenters. The quantitative estimate of drug-likeness (QED) is 0.393. The van der Waals surface area contributed by atoms with E-state index in [-0.39, 0.29) is 30.6 Å². The van der Waals surface area contributed by atoms with Crippen LogP contribution in [0.4, 0.5) is 0 Å². The average Bonchev–Trinajstić information content (AvgIpc) is 3.02. The maximum atomic E-state index is 12.9. The minimum atomic E-state index is -0.694. The zero-order valence-electron chi connectivity index (χ0n) is 18.4. The number of aliphatic hydroxyl groups excluding tert-OH is 1. The van der Waals surface area contributed by atoms with E-state index in [1.807, 2.05) is 38.1 Å². The van der Waals surface area contributed by atoms with Crippen molar-refractivity contribution >= 4 is 17.4 Å². The van der Waals surface area contributed by atoms with Gasteiger partial charge in [0.1, 0.15) is 11.5 Å². The lowest BCUT2D eigenvalue weighted by Crippen LogP contribution is -2.32. The molecule has 1 heterocycles. The summed E-state index contributed by atoms with van der Waals surface area (Å²) >= 11 is 0. The van der Waals surface area contributed by atoms with E-state index in [4.69, 9.17) is 9.47 Å². The van der Waals surface area contributed by atoms with E-state index in [1.165, 1.54) is 4.90 Å². The second kappa shape index (κ2) is 9.79. The highest BCUT2D eigenvalue weighted by Gasteiger charge is 2.45. The summed E-state index contributed by atoms with van der Waals surface area (Å²) in [6, 6.07) is 13.9. The highest BCUT2D eigenvalue weighted by molar-refractivity contribution is 6.46. The molecule has 0 aromatic heterocycles. The Morgan fingerprint density at radius 2 is 1.71 bits per heavy atom. The standard InChI is InChI=1S/C25H29NO5/c1-5-17-6-8-18(9-7-17)22-21(24(28)25(29)26(22)14-15-30-4)23(27)19-10-12-20(13-11-19)31-16(2)3/h6-13,16,22,27H,5,14-15H2,1-4H3/b23-21+. The van der Waals surface area contributed by atoms with Crippen LogP contribution in [0.15, 0.2) is 54.1 Å². The van der Waals surface area contributed by atoms with Crippen LogP contribution in [0.3, 0.4) is 0 Å². The molecule has 0 bridgehead atoms. The molecular formula is C25H29NO5. The van der Waals surface area contributed by atoms with Gasteiger partial charge in [0.15, 0.2) is 0 Å². The Bertz CT molecular complexity index is 960. The van der Waals surface area contributed by atoms with E-state index in [0.717, 1.165) is 17.5 Å². The van der Waals surface area contributed by atoms with Gasteiger partial charge in [-0.05, 0) is 55.7 Å². The Balaban J connectivity index is 2.06. The predicted molar refractivity (Wildman–Crippen MR) is 119 cm³/mol. The molecule has 1 unspecified atom stereocenters. The zero-order chi connectivity index (χ0) is 22.5. The van der Waals surface area contributed by atoms with Crippen molar-refractivity contribution in [2.75, 3.05) is 20.3 Å². The first-order valence-corrected chi connectivity index (χ1v) is 10.5. The second-order valence-corrected chi connectivity index (χ2v) is 7.77. The normalized spacial score (nSPS) is 18.1. The van der Waals surface area contributed by atoms with Crippen LogP contribution in [0, 0.1) is 0 Å². The molecule has 0 aliphatic carbocycles. The van der Waals surface area contributed by atoms with E-state index in [9.17, 15) is 14.7 Å². The van der Waals surface area contributed by atoms with Gasteiger partial charge in [0, 0.05) is 19.2 Å². The number of Topliss-reactive ketones (excluding diaryl/α,β-unsaturated/α-hetero) is 1. The van der Waals surface area contributed by atoms with Gasteiger partial charge in [0.2, 0.25) is 0 Å². The fourth-order valence-electron chi connectivity index (χ4n) is 3.70. The summed E-state index contributed by atoms with van der Waals surface area (Å²) in [5, 5.41) is 11.1. The Kier molecular flexibility index (Phi) is 7.13. The van der Waals surface area contributed by atoms with Gasteiger partial charge >= 0.3 is 0 Å². The van der Waals surface area contributed by atoms with Crippen LogP contribution in [0.5, 0.6) is 5.75 Å². The summed E-state index contributed by atoms with van der Waals surface area (Å²) in [4.78, 5) is 27.2. The first-order chi connectivity index (χ1) is 14.9. The van der Waals surface area contributed by atoms with Crippen LogP contribution in [-0.2, 0) is 20.7 Å². The molecule has 1 aliphatic rings. The highest BCUT2D eigenvalue weighted by Crippen LogP contribution is 2.39. The number of aliphatic hydroxyl groups is 1. The van der Waals surface area contributed by atoms with Gasteiger partial charge in [0.25, 0.3) is 11.7 Å². The molecule has 0 spiro atoms. The van der Waals surface area contributed by atoms with Crippen LogP contribution in [0.2, 0.25) is 0 Å². The number of rotatable bonds is 8. The van der Waals surface area contributed by atoms with Crippen LogP contribution in [0.1, 0.15) is 43.5 Å². The smallest absolute Gasteiger partial charge is 0.295 e. The molecule has 0 saturated carbocycles. The van der Waals surface area contributed by atoms with Crippen LogP contribution in [0.25, 0.3) is 5.76 Å². The number of likely N-dealkylation sites (tertiary alicyclic amines) is 1. The summed E-state index contributed by atoms with van der Waals surface area (Å²) in [5.74, 6) is -0.860. The molecule has 2 aromatic carbocycles. The number of hydrogen-bond acceptors (Lipinski definition) is 5. The third-order valence-electron chi connectivity index (χ3n) is 5.28. The first kappa shape index (κ1) is 22.6. The minimum absolute atomic E-state index is 0.0247. The third-order valence-corrected chi connectivity index (χ3v) is 5.28. The predicted octanol–water partition coefficient (Wildman–Crippen LogP) is 4.10. The average molecular weight is 424 g/mol. The fourth-order valence-corrected chi connectivity index (χ4v) is 3.70. The Morgan fingerprint density at radius 3 is 2.26 bits per heavy atom. The van der Waals surface area contributed by atoms with Gasteiger partial charge in [-0.15, -0.1) is 0 Å². The maximum Gasteiger partial charge on any atom is 0.295 e. The van der Waals surface area contributed by atoms with Crippen molar-refractivity contribution in [3.63, 3.8) is 0 Å². The number of hydrogen-bond donors (Lipinski definition) is 1. The van der Waals surface area contributed by atoms with Crippen molar-refractivity contribution in [1.82, 2.24) is 4.90 Å². The SMILES string of the molecule is CCc1ccc(C2/C(=C(\O)c3ccc(OC(C)C)cc3)C(=O)C(=O)N2CCOC)cc1. The van der Waals surface area contributed by atoms with E-state index in [0.29, 0.717) is 11.3 Å². The number of carbonyl (C=O) groups excluding carboxylic acids is 2. The van der Waals surface area contributed by atoms with Gasteiger partial charge in [0.05, 0.1) is 24.3 Å². The van der Waals surface area contributed by atoms with Crippen LogP contribution in [-0.4, -0.2) is 48.1 Å². The molecule has 1 amide bonds. The first-order valence-electron chi connectivity index (χ1n) is 10.5. The molecule has 6 heteroatoms. The highest BCUT2D eigenvalue weighted by atomic mass is 16.5. The number of ketones is 1. The van der Waals surface area contributed by atoms with Crippen molar-refractivity contribution in [3.8, 4) is 5.75 Å². The van der Waals surface area contributed by atoms with E-state index < -0.39 is 17.7 Å². The third kappa shape index (κ3) is 4.80. The largest absolute Gasteiger partial charge is 0.507 e. The van der Waals surface area contributed by atoms with Crippen molar-refractivity contribution < 1.29 is 24.2 Å². The number of carbonyl (C=O) groups is 2.